The molecular weight excluding hydrogens is 322 g/mol. The Morgan fingerprint density at radius 2 is 2.25 bits per heavy atom. The molecule has 3 N–H and O–H groups in total. The van der Waals surface area contributed by atoms with Crippen molar-refractivity contribution in [3.63, 3.8) is 0 Å². The molecule has 1 aliphatic heterocycles. The number of thiophene rings is 1. The predicted molar refractivity (Wildman–Crippen MR) is 94.6 cm³/mol. The zero-order valence-electron chi connectivity index (χ0n) is 13.0. The van der Waals surface area contributed by atoms with Crippen molar-refractivity contribution >= 4 is 17.3 Å². The van der Waals surface area contributed by atoms with Gasteiger partial charge in [0.25, 0.3) is 5.56 Å². The molecule has 0 saturated carbocycles. The minimum atomic E-state index is -0.131. The Labute approximate surface area is 143 Å². The highest BCUT2D eigenvalue weighted by atomic mass is 32.1. The molecule has 1 aliphatic rings. The fourth-order valence-corrected chi connectivity index (χ4v) is 3.64. The number of hydrogen-bond donors (Lipinski definition) is 2. The van der Waals surface area contributed by atoms with E-state index in [0.29, 0.717) is 6.54 Å². The van der Waals surface area contributed by atoms with Crippen molar-refractivity contribution in [2.24, 2.45) is 0 Å². The third-order valence-electron chi connectivity index (χ3n) is 4.21. The minimum absolute atomic E-state index is 0.131. The lowest BCUT2D eigenvalue weighted by Gasteiger charge is -2.27. The lowest BCUT2D eigenvalue weighted by atomic mass is 10.1. The first-order valence-electron chi connectivity index (χ1n) is 7.76. The third-order valence-corrected chi connectivity index (χ3v) is 4.90. The molecule has 0 atom stereocenters. The molecule has 4 heterocycles. The van der Waals surface area contributed by atoms with E-state index in [-0.39, 0.29) is 11.5 Å². The van der Waals surface area contributed by atoms with Gasteiger partial charge in [-0.25, -0.2) is 4.98 Å². The third kappa shape index (κ3) is 2.95. The molecule has 4 rings (SSSR count). The van der Waals surface area contributed by atoms with E-state index in [4.69, 9.17) is 5.73 Å². The monoisotopic (exact) mass is 339 g/mol. The number of aromatic amines is 1. The van der Waals surface area contributed by atoms with Crippen LogP contribution < -0.4 is 11.3 Å². The fourth-order valence-electron chi connectivity index (χ4n) is 2.99. The average molecular weight is 339 g/mol. The average Bonchev–Trinajstić information content (AvgIpc) is 3.11. The quantitative estimate of drug-likeness (QED) is 0.762. The van der Waals surface area contributed by atoms with Gasteiger partial charge in [-0.15, -0.1) is 0 Å². The van der Waals surface area contributed by atoms with Crippen LogP contribution in [0.5, 0.6) is 0 Å². The molecular formula is C17H17N5OS. The minimum Gasteiger partial charge on any atom is -0.369 e. The van der Waals surface area contributed by atoms with Gasteiger partial charge in [0.1, 0.15) is 0 Å². The van der Waals surface area contributed by atoms with E-state index in [0.717, 1.165) is 47.6 Å². The summed E-state index contributed by atoms with van der Waals surface area (Å²) in [6.07, 6.45) is 2.65. The van der Waals surface area contributed by atoms with Gasteiger partial charge in [0.05, 0.1) is 17.0 Å². The Hall–Kier alpha value is -2.51. The molecule has 3 aromatic rings. The molecule has 0 aliphatic carbocycles. The summed E-state index contributed by atoms with van der Waals surface area (Å²) in [5.41, 5.74) is 10.3. The van der Waals surface area contributed by atoms with Crippen LogP contribution in [0.15, 0.2) is 40.0 Å². The molecule has 0 aromatic carbocycles. The van der Waals surface area contributed by atoms with Gasteiger partial charge in [0, 0.05) is 43.2 Å². The van der Waals surface area contributed by atoms with Gasteiger partial charge in [0.15, 0.2) is 0 Å². The maximum atomic E-state index is 12.0. The van der Waals surface area contributed by atoms with Crippen LogP contribution in [-0.4, -0.2) is 26.4 Å². The van der Waals surface area contributed by atoms with E-state index in [1.165, 1.54) is 0 Å². The first kappa shape index (κ1) is 15.0. The highest BCUT2D eigenvalue weighted by Crippen LogP contribution is 2.21. The van der Waals surface area contributed by atoms with Crippen molar-refractivity contribution < 1.29 is 0 Å². The summed E-state index contributed by atoms with van der Waals surface area (Å²) in [6, 6.07) is 6.21. The van der Waals surface area contributed by atoms with Crippen molar-refractivity contribution in [2.45, 2.75) is 19.5 Å². The summed E-state index contributed by atoms with van der Waals surface area (Å²) in [7, 11) is 0. The first-order chi connectivity index (χ1) is 11.7. The molecule has 6 nitrogen and oxygen atoms in total. The number of nitrogen functional groups attached to an aromatic ring is 1. The van der Waals surface area contributed by atoms with Crippen molar-refractivity contribution in [1.29, 1.82) is 0 Å². The predicted octanol–water partition coefficient (Wildman–Crippen LogP) is 2.03. The van der Waals surface area contributed by atoms with E-state index in [9.17, 15) is 4.79 Å². The molecule has 0 saturated heterocycles. The van der Waals surface area contributed by atoms with E-state index < -0.39 is 0 Å². The van der Waals surface area contributed by atoms with E-state index in [1.807, 2.05) is 12.3 Å². The van der Waals surface area contributed by atoms with E-state index in [1.54, 1.807) is 11.3 Å². The summed E-state index contributed by atoms with van der Waals surface area (Å²) >= 11 is 1.67. The lowest BCUT2D eigenvalue weighted by Crippen LogP contribution is -2.35. The highest BCUT2D eigenvalue weighted by Gasteiger charge is 2.20. The SMILES string of the molecule is Nc1nc2c(c(=O)[nH]1)CN(Cc1ccc(-c3ccsc3)nc1)CC2. The van der Waals surface area contributed by atoms with Crippen LogP contribution in [0.25, 0.3) is 11.3 Å². The van der Waals surface area contributed by atoms with Gasteiger partial charge in [-0.1, -0.05) is 6.07 Å². The van der Waals surface area contributed by atoms with Gasteiger partial charge in [0.2, 0.25) is 5.95 Å². The number of pyridine rings is 1. The Balaban J connectivity index is 1.49. The van der Waals surface area contributed by atoms with Crippen molar-refractivity contribution in [1.82, 2.24) is 19.9 Å². The van der Waals surface area contributed by atoms with Gasteiger partial charge in [-0.05, 0) is 23.1 Å². The zero-order chi connectivity index (χ0) is 16.5. The first-order valence-corrected chi connectivity index (χ1v) is 8.71. The van der Waals surface area contributed by atoms with Crippen LogP contribution in [0, 0.1) is 0 Å². The Morgan fingerprint density at radius 1 is 1.33 bits per heavy atom. The number of H-pyrrole nitrogens is 1. The van der Waals surface area contributed by atoms with Crippen LogP contribution in [0.4, 0.5) is 5.95 Å². The molecule has 0 radical (unpaired) electrons. The maximum Gasteiger partial charge on any atom is 0.257 e. The summed E-state index contributed by atoms with van der Waals surface area (Å²) in [5.74, 6) is 0.195. The fraction of sp³-hybridized carbons (Fsp3) is 0.235. The second kappa shape index (κ2) is 6.18. The van der Waals surface area contributed by atoms with Crippen LogP contribution in [-0.2, 0) is 19.5 Å². The molecule has 0 fully saturated rings. The Morgan fingerprint density at radius 3 is 3.00 bits per heavy atom. The van der Waals surface area contributed by atoms with Crippen molar-refractivity contribution in [2.75, 3.05) is 12.3 Å². The van der Waals surface area contributed by atoms with E-state index >= 15 is 0 Å². The van der Waals surface area contributed by atoms with Gasteiger partial charge in [-0.3, -0.25) is 19.7 Å². The molecule has 122 valence electrons. The molecule has 0 amide bonds. The zero-order valence-corrected chi connectivity index (χ0v) is 13.8. The normalized spacial score (nSPS) is 14.5. The Bertz CT molecular complexity index is 902. The van der Waals surface area contributed by atoms with Crippen LogP contribution in [0.3, 0.4) is 0 Å². The van der Waals surface area contributed by atoms with Crippen LogP contribution in [0.2, 0.25) is 0 Å². The number of nitrogens with one attached hydrogen (secondary N) is 1. The summed E-state index contributed by atoms with van der Waals surface area (Å²) < 4.78 is 0. The number of aromatic nitrogens is 3. The standard InChI is InChI=1S/C17H17N5OS/c18-17-20-15-3-5-22(9-13(15)16(23)21-17)8-11-1-2-14(19-7-11)12-4-6-24-10-12/h1-2,4,6-7,10H,3,5,8-9H2,(H3,18,20,21,23). The Kier molecular flexibility index (Phi) is 3.87. The largest absolute Gasteiger partial charge is 0.369 e. The number of nitrogens with two attached hydrogens (primary N) is 1. The van der Waals surface area contributed by atoms with E-state index in [2.05, 4.69) is 42.7 Å². The van der Waals surface area contributed by atoms with Crippen LogP contribution >= 0.6 is 11.3 Å². The maximum absolute atomic E-state index is 12.0. The smallest absolute Gasteiger partial charge is 0.257 e. The number of anilines is 1. The second-order valence-corrected chi connectivity index (χ2v) is 6.68. The number of nitrogens with zero attached hydrogens (tertiary/aromatic N) is 3. The van der Waals surface area contributed by atoms with Gasteiger partial charge >= 0.3 is 0 Å². The summed E-state index contributed by atoms with van der Waals surface area (Å²) in [6.45, 7) is 2.21. The van der Waals surface area contributed by atoms with Crippen molar-refractivity contribution in [3.05, 3.63) is 62.3 Å². The molecule has 7 heteroatoms. The topological polar surface area (TPSA) is 87.9 Å². The summed E-state index contributed by atoms with van der Waals surface area (Å²) in [4.78, 5) is 25.6. The second-order valence-electron chi connectivity index (χ2n) is 5.90. The summed E-state index contributed by atoms with van der Waals surface area (Å²) in [5, 5.41) is 4.14. The number of hydrogen-bond acceptors (Lipinski definition) is 6. The van der Waals surface area contributed by atoms with Gasteiger partial charge in [-0.2, -0.15) is 11.3 Å². The molecule has 0 unspecified atom stereocenters. The lowest BCUT2D eigenvalue weighted by molar-refractivity contribution is 0.241. The molecule has 24 heavy (non-hydrogen) atoms. The number of rotatable bonds is 3. The number of fused-ring (bicyclic) bond motifs is 1. The van der Waals surface area contributed by atoms with Gasteiger partial charge < -0.3 is 5.73 Å². The molecule has 0 bridgehead atoms. The van der Waals surface area contributed by atoms with Crippen molar-refractivity contribution in [3.8, 4) is 11.3 Å². The molecule has 3 aromatic heterocycles. The highest BCUT2D eigenvalue weighted by molar-refractivity contribution is 7.08. The van der Waals surface area contributed by atoms with Crippen LogP contribution in [0.1, 0.15) is 16.8 Å². The molecule has 0 spiro atoms.